The average Bonchev–Trinajstić information content (AvgIpc) is 4.05. The highest BCUT2D eigenvalue weighted by Crippen LogP contribution is 2.46. The molecule has 3 heterocycles. The van der Waals surface area contributed by atoms with Gasteiger partial charge in [-0.05, 0) is 101 Å². The van der Waals surface area contributed by atoms with Crippen LogP contribution >= 0.6 is 0 Å². The Hall–Kier alpha value is -4.61. The van der Waals surface area contributed by atoms with E-state index in [1.165, 1.54) is 11.1 Å². The molecule has 1 aromatic carbocycles. The highest BCUT2D eigenvalue weighted by Gasteiger charge is 2.62. The molecule has 2 saturated carbocycles. The minimum Gasteiger partial charge on any atom is -0.494 e. The van der Waals surface area contributed by atoms with Gasteiger partial charge in [-0.2, -0.15) is 13.2 Å². The molecule has 14 nitrogen and oxygen atoms in total. The van der Waals surface area contributed by atoms with Crippen molar-refractivity contribution in [1.29, 1.82) is 0 Å². The van der Waals surface area contributed by atoms with E-state index in [1.54, 1.807) is 31.2 Å². The van der Waals surface area contributed by atoms with Gasteiger partial charge in [0.1, 0.15) is 29.5 Å². The number of hydrogen-bond acceptors (Lipinski definition) is 10. The molecule has 2 aliphatic carbocycles. The molecule has 1 saturated heterocycles. The van der Waals surface area contributed by atoms with Gasteiger partial charge in [-0.25, -0.2) is 18.2 Å². The molecule has 4 amide bonds. The number of carbonyl (C=O) groups is 4. The summed E-state index contributed by atoms with van der Waals surface area (Å²) in [4.78, 5) is 61.6. The molecule has 3 N–H and O–H groups in total. The van der Waals surface area contributed by atoms with Crippen molar-refractivity contribution in [2.24, 2.45) is 17.8 Å². The Labute approximate surface area is 329 Å². The number of fused-ring (bicyclic) bond motifs is 3. The molecule has 3 fully saturated rings. The van der Waals surface area contributed by atoms with Crippen LogP contribution < -0.4 is 24.8 Å². The molecule has 7 atom stereocenters. The lowest BCUT2D eigenvalue weighted by Gasteiger charge is -2.34. The predicted molar refractivity (Wildman–Crippen MR) is 201 cm³/mol. The van der Waals surface area contributed by atoms with Gasteiger partial charge in [-0.15, -0.1) is 0 Å². The lowest BCUT2D eigenvalue weighted by atomic mass is 9.88. The monoisotopic (exact) mass is 821 g/mol. The zero-order valence-corrected chi connectivity index (χ0v) is 33.4. The third kappa shape index (κ3) is 9.25. The van der Waals surface area contributed by atoms with Gasteiger partial charge < -0.3 is 29.7 Å². The molecule has 18 heteroatoms. The third-order valence-electron chi connectivity index (χ3n) is 11.2. The van der Waals surface area contributed by atoms with E-state index in [9.17, 15) is 40.8 Å². The van der Waals surface area contributed by atoms with Crippen molar-refractivity contribution in [1.82, 2.24) is 25.2 Å². The van der Waals surface area contributed by atoms with Crippen LogP contribution in [0.5, 0.6) is 11.6 Å². The summed E-state index contributed by atoms with van der Waals surface area (Å²) in [5, 5.41) is 5.85. The van der Waals surface area contributed by atoms with E-state index in [2.05, 4.69) is 20.3 Å². The quantitative estimate of drug-likeness (QED) is 0.294. The Morgan fingerprint density at radius 2 is 1.82 bits per heavy atom. The number of ether oxygens (including phenoxy) is 3. The fourth-order valence-electron chi connectivity index (χ4n) is 7.58. The van der Waals surface area contributed by atoms with Crippen LogP contribution in [0.3, 0.4) is 0 Å². The van der Waals surface area contributed by atoms with Crippen LogP contribution in [0.25, 0.3) is 10.8 Å². The summed E-state index contributed by atoms with van der Waals surface area (Å²) in [6.07, 6.45) is 0.334. The number of aromatic nitrogens is 1. The van der Waals surface area contributed by atoms with Crippen LogP contribution in [-0.2, 0) is 29.1 Å². The number of alkyl halides is 3. The van der Waals surface area contributed by atoms with Gasteiger partial charge in [0.25, 0.3) is 5.91 Å². The number of halogens is 3. The molecule has 0 radical (unpaired) electrons. The topological polar surface area (TPSA) is 182 Å². The predicted octanol–water partition coefficient (Wildman–Crippen LogP) is 4.91. The fourth-order valence-corrected chi connectivity index (χ4v) is 8.94. The molecule has 6 rings (SSSR count). The van der Waals surface area contributed by atoms with Crippen LogP contribution in [0, 0.1) is 17.8 Å². The minimum atomic E-state index is -4.91. The maximum Gasteiger partial charge on any atom is 0.427 e. The molecular weight excluding hydrogens is 772 g/mol. The summed E-state index contributed by atoms with van der Waals surface area (Å²) in [6, 6.07) is 4.37. The Morgan fingerprint density at radius 1 is 1.09 bits per heavy atom. The summed E-state index contributed by atoms with van der Waals surface area (Å²) in [7, 11) is -3.98. The van der Waals surface area contributed by atoms with E-state index in [1.807, 2.05) is 26.0 Å². The normalized spacial score (nSPS) is 29.2. The van der Waals surface area contributed by atoms with Crippen molar-refractivity contribution in [3.63, 3.8) is 0 Å². The van der Waals surface area contributed by atoms with Crippen LogP contribution in [0.15, 0.2) is 42.6 Å². The second-order valence-electron chi connectivity index (χ2n) is 16.2. The summed E-state index contributed by atoms with van der Waals surface area (Å²) >= 11 is 0. The van der Waals surface area contributed by atoms with Crippen LogP contribution in [0.4, 0.5) is 18.0 Å². The fraction of sp³-hybridized carbons (Fsp3) is 0.615. The smallest absolute Gasteiger partial charge is 0.427 e. The maximum absolute atomic E-state index is 14.7. The van der Waals surface area contributed by atoms with Crippen molar-refractivity contribution in [2.45, 2.75) is 120 Å². The lowest BCUT2D eigenvalue weighted by molar-refractivity contribution is -0.244. The second kappa shape index (κ2) is 16.0. The average molecular weight is 822 g/mol. The highest BCUT2D eigenvalue weighted by molar-refractivity contribution is 7.91. The first kappa shape index (κ1) is 42.0. The SMILES string of the molecule is CCOc1ccc2c(O[C@@H]3C[C@H]4C(=O)N[C@]5(C(=O)NS(=O)(=O)C6CC6)C[C@H]5/C=C\CC[C@@H](C)C[C@@H](C)[C@H](NC(=O)OC(C)(C)C(F)(F)F)C(=O)N4C3)nccc2c1. The minimum absolute atomic E-state index is 0.0312. The Morgan fingerprint density at radius 3 is 2.51 bits per heavy atom. The van der Waals surface area contributed by atoms with Crippen LogP contribution in [-0.4, -0.2) is 96.0 Å². The summed E-state index contributed by atoms with van der Waals surface area (Å²) in [6.45, 7) is 7.13. The number of rotatable bonds is 9. The van der Waals surface area contributed by atoms with Gasteiger partial charge in [0, 0.05) is 23.9 Å². The number of allylic oxidation sites excluding steroid dienone is 1. The molecule has 4 aliphatic rings. The number of benzene rings is 1. The number of hydrogen-bond donors (Lipinski definition) is 3. The number of alkyl carbamates (subject to hydrolysis) is 1. The van der Waals surface area contributed by atoms with Gasteiger partial charge >= 0.3 is 12.3 Å². The maximum atomic E-state index is 14.7. The van der Waals surface area contributed by atoms with E-state index in [0.717, 1.165) is 5.39 Å². The third-order valence-corrected chi connectivity index (χ3v) is 13.0. The van der Waals surface area contributed by atoms with Crippen molar-refractivity contribution < 1.29 is 55.0 Å². The molecule has 0 spiro atoms. The number of sulfonamides is 1. The first-order chi connectivity index (χ1) is 26.7. The number of carbonyl (C=O) groups excluding carboxylic acids is 4. The molecule has 312 valence electrons. The van der Waals surface area contributed by atoms with E-state index >= 15 is 0 Å². The van der Waals surface area contributed by atoms with Crippen LogP contribution in [0.2, 0.25) is 0 Å². The number of nitrogens with zero attached hydrogens (tertiary/aromatic N) is 2. The van der Waals surface area contributed by atoms with E-state index < -0.39 is 86.4 Å². The Balaban J connectivity index is 1.34. The highest BCUT2D eigenvalue weighted by atomic mass is 32.2. The van der Waals surface area contributed by atoms with Gasteiger partial charge in [0.2, 0.25) is 33.3 Å². The lowest BCUT2D eigenvalue weighted by Crippen LogP contribution is -2.59. The summed E-state index contributed by atoms with van der Waals surface area (Å²) in [5.74, 6) is -2.78. The standard InChI is InChI=1S/C39H50F3N5O9S/c1-6-54-26-11-14-29-24(18-26)15-16-43-33(29)55-27-19-30-32(48)45-38(35(50)46-57(52,53)28-12-13-28)20-25(38)10-8-7-9-22(2)17-23(3)31(34(49)47(30)21-27)44-36(51)56-37(4,5)39(40,41)42/h8,10-11,14-16,18,22-23,25,27-28,30-31H,6-7,9,12-13,17,19-21H2,1-5H3,(H,44,51)(H,45,48)(H,46,50)/b10-8-/t22-,23-,25-,27-,30+,31+,38-/m1/s1. The molecule has 0 bridgehead atoms. The van der Waals surface area contributed by atoms with Crippen molar-refractivity contribution >= 4 is 44.6 Å². The second-order valence-corrected chi connectivity index (χ2v) is 18.2. The first-order valence-electron chi connectivity index (χ1n) is 19.3. The summed E-state index contributed by atoms with van der Waals surface area (Å²) in [5.41, 5.74) is -4.50. The molecule has 2 aromatic rings. The van der Waals surface area contributed by atoms with Crippen molar-refractivity contribution in [3.05, 3.63) is 42.6 Å². The van der Waals surface area contributed by atoms with E-state index in [4.69, 9.17) is 14.2 Å². The molecular formula is C39H50F3N5O9S. The number of amides is 4. The Bertz CT molecular complexity index is 2020. The van der Waals surface area contributed by atoms with Gasteiger partial charge in [-0.3, -0.25) is 19.1 Å². The molecule has 2 aliphatic heterocycles. The number of pyridine rings is 1. The van der Waals surface area contributed by atoms with Crippen LogP contribution in [0.1, 0.15) is 79.6 Å². The molecule has 57 heavy (non-hydrogen) atoms. The Kier molecular flexibility index (Phi) is 11.8. The van der Waals surface area contributed by atoms with E-state index in [0.29, 0.717) is 63.7 Å². The van der Waals surface area contributed by atoms with Gasteiger partial charge in [0.05, 0.1) is 18.4 Å². The summed E-state index contributed by atoms with van der Waals surface area (Å²) < 4.78 is 85.8. The largest absolute Gasteiger partial charge is 0.494 e. The van der Waals surface area contributed by atoms with Gasteiger partial charge in [0.15, 0.2) is 0 Å². The molecule has 0 unspecified atom stereocenters. The van der Waals surface area contributed by atoms with E-state index in [-0.39, 0.29) is 31.2 Å². The van der Waals surface area contributed by atoms with Crippen molar-refractivity contribution in [3.8, 4) is 11.6 Å². The first-order valence-corrected chi connectivity index (χ1v) is 20.9. The zero-order chi connectivity index (χ0) is 41.5. The molecule has 1 aromatic heterocycles. The zero-order valence-electron chi connectivity index (χ0n) is 32.6. The van der Waals surface area contributed by atoms with Gasteiger partial charge in [-0.1, -0.05) is 26.0 Å². The number of nitrogens with one attached hydrogen (secondary N) is 3. The van der Waals surface area contributed by atoms with Crippen molar-refractivity contribution in [2.75, 3.05) is 13.2 Å².